The molecule has 0 unspecified atom stereocenters. The first kappa shape index (κ1) is 22.4. The highest BCUT2D eigenvalue weighted by atomic mass is 19.1. The second-order valence-corrected chi connectivity index (χ2v) is 8.33. The first-order chi connectivity index (χ1) is 15.6. The molecule has 0 aliphatic heterocycles. The maximum absolute atomic E-state index is 13.9. The van der Waals surface area contributed by atoms with E-state index in [-0.39, 0.29) is 29.0 Å². The Bertz CT molecular complexity index is 1460. The first-order valence-electron chi connectivity index (χ1n) is 10.2. The Morgan fingerprint density at radius 2 is 1.73 bits per heavy atom. The van der Waals surface area contributed by atoms with Crippen molar-refractivity contribution in [2.75, 3.05) is 0 Å². The number of hydrogen-bond acceptors (Lipinski definition) is 4. The minimum Gasteiger partial charge on any atom is -0.489 e. The monoisotopic (exact) mass is 452 g/mol. The van der Waals surface area contributed by atoms with Gasteiger partial charge in [-0.05, 0) is 62.2 Å². The van der Waals surface area contributed by atoms with Crippen molar-refractivity contribution in [1.29, 1.82) is 0 Å². The largest absolute Gasteiger partial charge is 0.489 e. The summed E-state index contributed by atoms with van der Waals surface area (Å²) in [6.07, 6.45) is 0. The quantitative estimate of drug-likeness (QED) is 0.478. The molecule has 0 aliphatic rings. The molecular formula is C25H22F2N2O4. The van der Waals surface area contributed by atoms with Crippen molar-refractivity contribution in [1.82, 2.24) is 9.55 Å². The molecular weight excluding hydrogens is 430 g/mol. The predicted molar refractivity (Wildman–Crippen MR) is 121 cm³/mol. The van der Waals surface area contributed by atoms with Crippen LogP contribution < -0.4 is 16.0 Å². The van der Waals surface area contributed by atoms with Gasteiger partial charge in [-0.3, -0.25) is 4.79 Å². The molecule has 33 heavy (non-hydrogen) atoms. The minimum absolute atomic E-state index is 0.219. The number of ether oxygens (including phenoxy) is 1. The van der Waals surface area contributed by atoms with Crippen LogP contribution in [0.1, 0.15) is 30.5 Å². The average Bonchev–Trinajstić information content (AvgIpc) is 2.74. The fraction of sp³-hybridized carbons (Fsp3) is 0.200. The number of H-pyrrole nitrogens is 1. The van der Waals surface area contributed by atoms with Crippen LogP contribution in [0, 0.1) is 18.6 Å². The number of halogens is 2. The highest BCUT2D eigenvalue weighted by molar-refractivity contribution is 5.78. The second-order valence-electron chi connectivity index (χ2n) is 8.33. The van der Waals surface area contributed by atoms with Gasteiger partial charge in [-0.25, -0.2) is 18.1 Å². The Morgan fingerprint density at radius 3 is 2.39 bits per heavy atom. The summed E-state index contributed by atoms with van der Waals surface area (Å²) in [5, 5.41) is 10.5. The van der Waals surface area contributed by atoms with Gasteiger partial charge < -0.3 is 14.8 Å². The standard InChI is InChI=1S/C25H22F2N2O4/c1-14-7-9-16(33-13-18-19(26)5-4-6-20(18)27)12-22(14)29-23(30)17-10-8-15(25(2,3)32)11-21(17)28-24(29)31/h4-12,32H,13H2,1-3H3,(H,28,31). The second kappa shape index (κ2) is 8.29. The number of aliphatic hydroxyl groups is 1. The molecule has 0 saturated heterocycles. The van der Waals surface area contributed by atoms with Gasteiger partial charge in [0.25, 0.3) is 5.56 Å². The van der Waals surface area contributed by atoms with Crippen molar-refractivity contribution in [3.63, 3.8) is 0 Å². The molecule has 170 valence electrons. The lowest BCUT2D eigenvalue weighted by atomic mass is 9.97. The van der Waals surface area contributed by atoms with Crippen molar-refractivity contribution < 1.29 is 18.6 Å². The number of aromatic nitrogens is 2. The van der Waals surface area contributed by atoms with Crippen LogP contribution in [0.25, 0.3) is 16.6 Å². The summed E-state index contributed by atoms with van der Waals surface area (Å²) >= 11 is 0. The van der Waals surface area contributed by atoms with E-state index >= 15 is 0 Å². The first-order valence-corrected chi connectivity index (χ1v) is 10.2. The van der Waals surface area contributed by atoms with Crippen LogP contribution in [0.15, 0.2) is 64.2 Å². The third-order valence-electron chi connectivity index (χ3n) is 5.47. The smallest absolute Gasteiger partial charge is 0.333 e. The summed E-state index contributed by atoms with van der Waals surface area (Å²) in [5.74, 6) is -1.22. The van der Waals surface area contributed by atoms with Crippen LogP contribution in [-0.4, -0.2) is 14.7 Å². The minimum atomic E-state index is -1.14. The zero-order chi connectivity index (χ0) is 23.9. The Hall–Kier alpha value is -3.78. The summed E-state index contributed by atoms with van der Waals surface area (Å²) in [6, 6.07) is 13.0. The van der Waals surface area contributed by atoms with E-state index in [4.69, 9.17) is 4.74 Å². The van der Waals surface area contributed by atoms with Gasteiger partial charge in [0.1, 0.15) is 24.0 Å². The molecule has 1 aromatic heterocycles. The number of nitrogens with one attached hydrogen (secondary N) is 1. The van der Waals surface area contributed by atoms with Gasteiger partial charge in [-0.2, -0.15) is 0 Å². The molecule has 4 aromatic rings. The van der Waals surface area contributed by atoms with E-state index in [0.29, 0.717) is 16.6 Å². The third kappa shape index (κ3) is 4.29. The average molecular weight is 452 g/mol. The zero-order valence-electron chi connectivity index (χ0n) is 18.3. The van der Waals surface area contributed by atoms with Crippen LogP contribution >= 0.6 is 0 Å². The number of benzene rings is 3. The summed E-state index contributed by atoms with van der Waals surface area (Å²) in [4.78, 5) is 28.7. The Kier molecular flexibility index (Phi) is 5.63. The molecule has 0 bridgehead atoms. The van der Waals surface area contributed by atoms with Crippen molar-refractivity contribution >= 4 is 10.9 Å². The molecule has 2 N–H and O–H groups in total. The maximum atomic E-state index is 13.9. The number of hydrogen-bond donors (Lipinski definition) is 2. The van der Waals surface area contributed by atoms with E-state index in [1.165, 1.54) is 12.1 Å². The van der Waals surface area contributed by atoms with Crippen LogP contribution in [-0.2, 0) is 12.2 Å². The predicted octanol–water partition coefficient (Wildman–Crippen LogP) is 4.07. The van der Waals surface area contributed by atoms with E-state index in [9.17, 15) is 23.5 Å². The number of nitrogens with zero attached hydrogens (tertiary/aromatic N) is 1. The molecule has 0 atom stereocenters. The van der Waals surface area contributed by atoms with Crippen LogP contribution in [0.4, 0.5) is 8.78 Å². The Balaban J connectivity index is 1.76. The van der Waals surface area contributed by atoms with Gasteiger partial charge in [0.05, 0.1) is 27.8 Å². The number of rotatable bonds is 5. The molecule has 0 aliphatic carbocycles. The number of aromatic amines is 1. The molecule has 0 spiro atoms. The summed E-state index contributed by atoms with van der Waals surface area (Å²) in [7, 11) is 0. The molecule has 0 amide bonds. The van der Waals surface area contributed by atoms with Crippen LogP contribution in [0.2, 0.25) is 0 Å². The topological polar surface area (TPSA) is 84.3 Å². The van der Waals surface area contributed by atoms with E-state index in [2.05, 4.69) is 4.98 Å². The molecule has 6 nitrogen and oxygen atoms in total. The summed E-state index contributed by atoms with van der Waals surface area (Å²) in [5.41, 5.74) is -0.809. The fourth-order valence-electron chi connectivity index (χ4n) is 3.56. The summed E-state index contributed by atoms with van der Waals surface area (Å²) < 4.78 is 34.3. The highest BCUT2D eigenvalue weighted by Crippen LogP contribution is 2.24. The van der Waals surface area contributed by atoms with Crippen molar-refractivity contribution in [2.45, 2.75) is 33.0 Å². The lowest BCUT2D eigenvalue weighted by Crippen LogP contribution is -2.34. The molecule has 3 aromatic carbocycles. The van der Waals surface area contributed by atoms with Crippen molar-refractivity contribution in [2.24, 2.45) is 0 Å². The van der Waals surface area contributed by atoms with Crippen molar-refractivity contribution in [3.8, 4) is 11.4 Å². The molecule has 8 heteroatoms. The number of fused-ring (bicyclic) bond motifs is 1. The van der Waals surface area contributed by atoms with E-state index in [1.54, 1.807) is 51.1 Å². The molecule has 4 rings (SSSR count). The van der Waals surface area contributed by atoms with Gasteiger partial charge in [0.2, 0.25) is 0 Å². The lowest BCUT2D eigenvalue weighted by Gasteiger charge is -2.18. The normalized spacial score (nSPS) is 11.7. The zero-order valence-corrected chi connectivity index (χ0v) is 18.3. The van der Waals surface area contributed by atoms with Crippen LogP contribution in [0.3, 0.4) is 0 Å². The third-order valence-corrected chi connectivity index (χ3v) is 5.47. The van der Waals surface area contributed by atoms with Gasteiger partial charge in [-0.15, -0.1) is 0 Å². The number of aryl methyl sites for hydroxylation is 1. The van der Waals surface area contributed by atoms with Gasteiger partial charge in [0.15, 0.2) is 0 Å². The SMILES string of the molecule is Cc1ccc(OCc2c(F)cccc2F)cc1-n1c(=O)[nH]c2cc(C(C)(C)O)ccc2c1=O. The highest BCUT2D eigenvalue weighted by Gasteiger charge is 2.19. The summed E-state index contributed by atoms with van der Waals surface area (Å²) in [6.45, 7) is 4.58. The lowest BCUT2D eigenvalue weighted by molar-refractivity contribution is 0.0787. The van der Waals surface area contributed by atoms with Gasteiger partial charge in [0, 0.05) is 6.07 Å². The van der Waals surface area contributed by atoms with E-state index in [0.717, 1.165) is 16.7 Å². The fourth-order valence-corrected chi connectivity index (χ4v) is 3.56. The maximum Gasteiger partial charge on any atom is 0.333 e. The molecule has 0 radical (unpaired) electrons. The Labute approximate surface area is 187 Å². The van der Waals surface area contributed by atoms with E-state index < -0.39 is 28.5 Å². The van der Waals surface area contributed by atoms with Crippen molar-refractivity contribution in [3.05, 3.63) is 104 Å². The Morgan fingerprint density at radius 1 is 1.03 bits per heavy atom. The van der Waals surface area contributed by atoms with Crippen LogP contribution in [0.5, 0.6) is 5.75 Å². The molecule has 0 fully saturated rings. The van der Waals surface area contributed by atoms with Gasteiger partial charge in [-0.1, -0.05) is 18.2 Å². The van der Waals surface area contributed by atoms with Gasteiger partial charge >= 0.3 is 5.69 Å². The molecule has 0 saturated carbocycles. The molecule has 1 heterocycles. The van der Waals surface area contributed by atoms with E-state index in [1.807, 2.05) is 0 Å².